The first kappa shape index (κ1) is 19.0. The summed E-state index contributed by atoms with van der Waals surface area (Å²) in [6, 6.07) is 8.78. The Balaban J connectivity index is 2.05. The van der Waals surface area contributed by atoms with E-state index in [1.165, 1.54) is 44.2 Å². The maximum Gasteiger partial charge on any atom is 0.308 e. The topological polar surface area (TPSA) is 111 Å². The van der Waals surface area contributed by atoms with Gasteiger partial charge < -0.3 is 9.47 Å². The van der Waals surface area contributed by atoms with Gasteiger partial charge in [0.25, 0.3) is 5.69 Å². The minimum atomic E-state index is -1.00. The average molecular weight is 387 g/mol. The summed E-state index contributed by atoms with van der Waals surface area (Å²) < 4.78 is 24.0. The molecule has 0 unspecified atom stereocenters. The fraction of sp³-hybridized carbons (Fsp3) is 0.167. The van der Waals surface area contributed by atoms with Crippen molar-refractivity contribution in [1.82, 2.24) is 5.01 Å². The van der Waals surface area contributed by atoms with E-state index in [2.05, 4.69) is 5.10 Å². The largest absolute Gasteiger partial charge is 0.446 e. The molecular weight excluding hydrogens is 373 g/mol. The highest BCUT2D eigenvalue weighted by Gasteiger charge is 2.35. The standard InChI is InChI=1S/C18H14FN3O6/c1-10(23)21-18(12-3-5-13(19)6-4-12)28-17(20-21)15-9-14(22(25)26)7-8-16(15)27-11(2)24/h3-9,18H,1-2H3/t18-/m1/s1. The fourth-order valence-electron chi connectivity index (χ4n) is 2.56. The van der Waals surface area contributed by atoms with Crippen molar-refractivity contribution < 1.29 is 28.4 Å². The summed E-state index contributed by atoms with van der Waals surface area (Å²) in [5.41, 5.74) is 0.187. The lowest BCUT2D eigenvalue weighted by molar-refractivity contribution is -0.384. The third kappa shape index (κ3) is 3.80. The quantitative estimate of drug-likeness (QED) is 0.345. The van der Waals surface area contributed by atoms with Gasteiger partial charge in [-0.15, -0.1) is 5.10 Å². The third-order valence-electron chi connectivity index (χ3n) is 3.78. The van der Waals surface area contributed by atoms with E-state index in [9.17, 15) is 24.1 Å². The molecule has 1 aliphatic heterocycles. The summed E-state index contributed by atoms with van der Waals surface area (Å²) in [6.07, 6.45) is -1.00. The van der Waals surface area contributed by atoms with Gasteiger partial charge in [-0.1, -0.05) is 12.1 Å². The number of hydrogen-bond acceptors (Lipinski definition) is 7. The smallest absolute Gasteiger partial charge is 0.308 e. The van der Waals surface area contributed by atoms with Crippen molar-refractivity contribution in [1.29, 1.82) is 0 Å². The number of esters is 1. The fourth-order valence-corrected chi connectivity index (χ4v) is 2.56. The van der Waals surface area contributed by atoms with Crippen molar-refractivity contribution in [3.05, 3.63) is 69.5 Å². The summed E-state index contributed by atoms with van der Waals surface area (Å²) in [6.45, 7) is 2.43. The van der Waals surface area contributed by atoms with Crippen molar-refractivity contribution in [2.45, 2.75) is 20.1 Å². The highest BCUT2D eigenvalue weighted by Crippen LogP contribution is 2.34. The molecule has 0 radical (unpaired) electrons. The second-order valence-corrected chi connectivity index (χ2v) is 5.82. The molecule has 10 heteroatoms. The number of carbonyl (C=O) groups excluding carboxylic acids is 2. The Hall–Kier alpha value is -3.82. The van der Waals surface area contributed by atoms with Crippen LogP contribution in [0.15, 0.2) is 47.6 Å². The number of carbonyl (C=O) groups is 2. The van der Waals surface area contributed by atoms with Crippen molar-refractivity contribution in [2.75, 3.05) is 0 Å². The van der Waals surface area contributed by atoms with E-state index in [1.807, 2.05) is 0 Å². The van der Waals surface area contributed by atoms with Crippen LogP contribution in [0, 0.1) is 15.9 Å². The molecule has 144 valence electrons. The third-order valence-corrected chi connectivity index (χ3v) is 3.78. The number of hydrogen-bond donors (Lipinski definition) is 0. The van der Waals surface area contributed by atoms with E-state index >= 15 is 0 Å². The first-order valence-corrected chi connectivity index (χ1v) is 8.04. The van der Waals surface area contributed by atoms with Gasteiger partial charge in [0.05, 0.1) is 10.5 Å². The molecule has 1 aliphatic rings. The van der Waals surface area contributed by atoms with Gasteiger partial charge in [0.1, 0.15) is 11.6 Å². The van der Waals surface area contributed by atoms with E-state index in [0.29, 0.717) is 5.56 Å². The van der Waals surface area contributed by atoms with Crippen LogP contribution in [0.2, 0.25) is 0 Å². The zero-order chi connectivity index (χ0) is 20.4. The highest BCUT2D eigenvalue weighted by atomic mass is 19.1. The van der Waals surface area contributed by atoms with Crippen molar-refractivity contribution in [3.63, 3.8) is 0 Å². The molecule has 28 heavy (non-hydrogen) atoms. The first-order valence-electron chi connectivity index (χ1n) is 8.04. The maximum absolute atomic E-state index is 13.2. The van der Waals surface area contributed by atoms with Gasteiger partial charge in [-0.2, -0.15) is 5.01 Å². The maximum atomic E-state index is 13.2. The molecule has 1 heterocycles. The lowest BCUT2D eigenvalue weighted by atomic mass is 10.1. The molecule has 0 N–H and O–H groups in total. The molecule has 0 fully saturated rings. The van der Waals surface area contributed by atoms with Crippen LogP contribution in [0.3, 0.4) is 0 Å². The second kappa shape index (κ2) is 7.43. The summed E-state index contributed by atoms with van der Waals surface area (Å²) in [4.78, 5) is 33.8. The average Bonchev–Trinajstić information content (AvgIpc) is 3.07. The van der Waals surface area contributed by atoms with Gasteiger partial charge in [-0.25, -0.2) is 4.39 Å². The van der Waals surface area contributed by atoms with E-state index in [0.717, 1.165) is 17.1 Å². The molecule has 0 aliphatic carbocycles. The number of nitro groups is 1. The lowest BCUT2D eigenvalue weighted by Gasteiger charge is -2.19. The predicted octanol–water partition coefficient (Wildman–Crippen LogP) is 2.90. The van der Waals surface area contributed by atoms with E-state index in [1.54, 1.807) is 0 Å². The van der Waals surface area contributed by atoms with Crippen molar-refractivity contribution >= 4 is 23.5 Å². The Bertz CT molecular complexity index is 989. The molecule has 3 rings (SSSR count). The number of halogens is 1. The molecule has 0 spiro atoms. The molecule has 1 amide bonds. The van der Waals surface area contributed by atoms with Gasteiger partial charge >= 0.3 is 5.97 Å². The van der Waals surface area contributed by atoms with Gasteiger partial charge in [-0.05, 0) is 18.2 Å². The molecule has 0 saturated carbocycles. The molecular formula is C18H14FN3O6. The summed E-state index contributed by atoms with van der Waals surface area (Å²) in [5.74, 6) is -1.74. The lowest BCUT2D eigenvalue weighted by Crippen LogP contribution is -2.25. The van der Waals surface area contributed by atoms with Gasteiger partial charge in [-0.3, -0.25) is 19.7 Å². The Morgan fingerprint density at radius 3 is 2.46 bits per heavy atom. The number of non-ortho nitro benzene ring substituents is 1. The number of ether oxygens (including phenoxy) is 2. The Kier molecular flexibility index (Phi) is 5.03. The van der Waals surface area contributed by atoms with E-state index in [4.69, 9.17) is 9.47 Å². The minimum Gasteiger partial charge on any atom is -0.446 e. The summed E-state index contributed by atoms with van der Waals surface area (Å²) >= 11 is 0. The molecule has 0 aromatic heterocycles. The zero-order valence-electron chi connectivity index (χ0n) is 14.8. The minimum absolute atomic E-state index is 0.0138. The molecule has 0 saturated heterocycles. The SMILES string of the molecule is CC(=O)Oc1ccc([N+](=O)[O-])cc1C1=NN(C(C)=O)[C@@H](c2ccc(F)cc2)O1. The first-order chi connectivity index (χ1) is 13.3. The summed E-state index contributed by atoms with van der Waals surface area (Å²) in [7, 11) is 0. The van der Waals surface area contributed by atoms with E-state index < -0.39 is 28.8 Å². The molecule has 0 bridgehead atoms. The second-order valence-electron chi connectivity index (χ2n) is 5.82. The number of rotatable bonds is 4. The van der Waals surface area contributed by atoms with Gasteiger partial charge in [0, 0.05) is 31.5 Å². The van der Waals surface area contributed by atoms with Crippen LogP contribution >= 0.6 is 0 Å². The molecule has 1 atom stereocenters. The number of benzene rings is 2. The van der Waals surface area contributed by atoms with Gasteiger partial charge in [0.2, 0.25) is 18.0 Å². The Morgan fingerprint density at radius 2 is 1.89 bits per heavy atom. The highest BCUT2D eigenvalue weighted by molar-refractivity contribution is 6.00. The van der Waals surface area contributed by atoms with Crippen LogP contribution in [0.25, 0.3) is 0 Å². The van der Waals surface area contributed by atoms with Crippen LogP contribution in [0.5, 0.6) is 5.75 Å². The van der Waals surface area contributed by atoms with Crippen LogP contribution in [0.4, 0.5) is 10.1 Å². The summed E-state index contributed by atoms with van der Waals surface area (Å²) in [5, 5.41) is 16.2. The molecule has 9 nitrogen and oxygen atoms in total. The number of nitro benzene ring substituents is 1. The number of amides is 1. The predicted molar refractivity (Wildman–Crippen MR) is 93.7 cm³/mol. The van der Waals surface area contributed by atoms with Crippen LogP contribution in [-0.2, 0) is 14.3 Å². The van der Waals surface area contributed by atoms with Crippen LogP contribution < -0.4 is 4.74 Å². The Labute approximate surface area is 158 Å². The van der Waals surface area contributed by atoms with Crippen molar-refractivity contribution in [2.24, 2.45) is 5.10 Å². The molecule has 2 aromatic carbocycles. The van der Waals surface area contributed by atoms with Crippen LogP contribution in [0.1, 0.15) is 31.2 Å². The Morgan fingerprint density at radius 1 is 1.21 bits per heavy atom. The number of nitrogens with zero attached hydrogens (tertiary/aromatic N) is 3. The normalized spacial score (nSPS) is 15.6. The number of hydrazone groups is 1. The van der Waals surface area contributed by atoms with Crippen molar-refractivity contribution in [3.8, 4) is 5.75 Å². The monoisotopic (exact) mass is 387 g/mol. The molecule has 2 aromatic rings. The van der Waals surface area contributed by atoms with E-state index in [-0.39, 0.29) is 22.9 Å². The zero-order valence-corrected chi connectivity index (χ0v) is 14.8. The van der Waals surface area contributed by atoms with Gasteiger partial charge in [0.15, 0.2) is 0 Å². The van der Waals surface area contributed by atoms with Crippen LogP contribution in [-0.4, -0.2) is 27.7 Å².